The fourth-order valence-electron chi connectivity index (χ4n) is 2.34. The minimum absolute atomic E-state index is 0.461. The summed E-state index contributed by atoms with van der Waals surface area (Å²) < 4.78 is 10.6. The number of imidazole rings is 1. The van der Waals surface area contributed by atoms with E-state index in [1.54, 1.807) is 14.2 Å². The van der Waals surface area contributed by atoms with Gasteiger partial charge in [0.15, 0.2) is 0 Å². The lowest BCUT2D eigenvalue weighted by atomic mass is 10.2. The highest BCUT2D eigenvalue weighted by molar-refractivity contribution is 5.82. The summed E-state index contributed by atoms with van der Waals surface area (Å²) in [6.45, 7) is 0.461. The van der Waals surface area contributed by atoms with Gasteiger partial charge in [-0.3, -0.25) is 0 Å². The lowest BCUT2D eigenvalue weighted by molar-refractivity contribution is 0.394. The van der Waals surface area contributed by atoms with E-state index in [-0.39, 0.29) is 0 Å². The van der Waals surface area contributed by atoms with E-state index in [0.717, 1.165) is 39.5 Å². The van der Waals surface area contributed by atoms with Crippen LogP contribution in [0.4, 0.5) is 0 Å². The first-order valence-electron chi connectivity index (χ1n) is 6.66. The van der Waals surface area contributed by atoms with E-state index in [1.807, 2.05) is 36.4 Å². The van der Waals surface area contributed by atoms with Gasteiger partial charge in [-0.1, -0.05) is 12.1 Å². The van der Waals surface area contributed by atoms with Crippen molar-refractivity contribution >= 4 is 11.0 Å². The molecule has 0 aliphatic carbocycles. The first-order chi connectivity index (χ1) is 10.2. The molecule has 0 spiro atoms. The van der Waals surface area contributed by atoms with Crippen molar-refractivity contribution < 1.29 is 9.47 Å². The smallest absolute Gasteiger partial charge is 0.138 e. The number of para-hydroxylation sites is 1. The average Bonchev–Trinajstić information content (AvgIpc) is 2.98. The van der Waals surface area contributed by atoms with Gasteiger partial charge in [0.25, 0.3) is 0 Å². The van der Waals surface area contributed by atoms with Gasteiger partial charge in [0, 0.05) is 18.2 Å². The van der Waals surface area contributed by atoms with E-state index < -0.39 is 0 Å². The topological polar surface area (TPSA) is 73.2 Å². The third-order valence-corrected chi connectivity index (χ3v) is 3.44. The number of benzene rings is 2. The molecule has 0 aliphatic rings. The fraction of sp³-hybridized carbons (Fsp3) is 0.188. The molecule has 0 radical (unpaired) electrons. The molecule has 0 amide bonds. The molecule has 1 aromatic heterocycles. The highest BCUT2D eigenvalue weighted by atomic mass is 16.5. The molecule has 3 aromatic rings. The third kappa shape index (κ3) is 2.43. The lowest BCUT2D eigenvalue weighted by Crippen LogP contribution is -1.96. The van der Waals surface area contributed by atoms with Crippen LogP contribution >= 0.6 is 0 Å². The molecule has 0 atom stereocenters. The van der Waals surface area contributed by atoms with E-state index in [2.05, 4.69) is 9.97 Å². The molecule has 108 valence electrons. The van der Waals surface area contributed by atoms with Crippen molar-refractivity contribution in [3.8, 4) is 22.9 Å². The Labute approximate surface area is 122 Å². The van der Waals surface area contributed by atoms with Crippen molar-refractivity contribution in [1.82, 2.24) is 9.97 Å². The van der Waals surface area contributed by atoms with Crippen LogP contribution in [0.3, 0.4) is 0 Å². The number of nitrogens with zero attached hydrogens (tertiary/aromatic N) is 1. The first kappa shape index (κ1) is 13.5. The summed E-state index contributed by atoms with van der Waals surface area (Å²) in [7, 11) is 3.26. The van der Waals surface area contributed by atoms with Gasteiger partial charge in [-0.25, -0.2) is 4.98 Å². The number of hydrogen-bond donors (Lipinski definition) is 2. The Kier molecular flexibility index (Phi) is 3.50. The third-order valence-electron chi connectivity index (χ3n) is 3.44. The number of ether oxygens (including phenoxy) is 2. The van der Waals surface area contributed by atoms with Crippen LogP contribution in [0.5, 0.6) is 11.5 Å². The van der Waals surface area contributed by atoms with Gasteiger partial charge >= 0.3 is 0 Å². The predicted octanol–water partition coefficient (Wildman–Crippen LogP) is 2.71. The van der Waals surface area contributed by atoms with Crippen LogP contribution in [0.2, 0.25) is 0 Å². The van der Waals surface area contributed by atoms with Gasteiger partial charge in [0.2, 0.25) is 0 Å². The maximum absolute atomic E-state index is 5.76. The second-order valence-corrected chi connectivity index (χ2v) is 4.70. The molecule has 5 nitrogen and oxygen atoms in total. The zero-order chi connectivity index (χ0) is 14.8. The van der Waals surface area contributed by atoms with E-state index >= 15 is 0 Å². The maximum atomic E-state index is 5.76. The predicted molar refractivity (Wildman–Crippen MR) is 82.5 cm³/mol. The number of hydrogen-bond acceptors (Lipinski definition) is 4. The van der Waals surface area contributed by atoms with Crippen LogP contribution in [-0.4, -0.2) is 24.2 Å². The molecule has 0 fully saturated rings. The van der Waals surface area contributed by atoms with Crippen molar-refractivity contribution in [3.05, 3.63) is 42.0 Å². The number of H-pyrrole nitrogens is 1. The van der Waals surface area contributed by atoms with Gasteiger partial charge < -0.3 is 20.2 Å². The van der Waals surface area contributed by atoms with Crippen molar-refractivity contribution in [2.24, 2.45) is 5.73 Å². The van der Waals surface area contributed by atoms with Crippen molar-refractivity contribution in [1.29, 1.82) is 0 Å². The molecule has 0 saturated carbocycles. The van der Waals surface area contributed by atoms with Crippen molar-refractivity contribution in [2.75, 3.05) is 14.2 Å². The van der Waals surface area contributed by atoms with Crippen LogP contribution < -0.4 is 15.2 Å². The number of rotatable bonds is 4. The van der Waals surface area contributed by atoms with Crippen LogP contribution in [0.25, 0.3) is 22.4 Å². The molecule has 2 aromatic carbocycles. The van der Waals surface area contributed by atoms with Gasteiger partial charge in [-0.15, -0.1) is 0 Å². The van der Waals surface area contributed by atoms with Gasteiger partial charge in [0.1, 0.15) is 17.3 Å². The van der Waals surface area contributed by atoms with Gasteiger partial charge in [-0.2, -0.15) is 0 Å². The molecule has 0 bridgehead atoms. The zero-order valence-corrected chi connectivity index (χ0v) is 12.0. The first-order valence-corrected chi connectivity index (χ1v) is 6.66. The second kappa shape index (κ2) is 5.46. The number of nitrogens with one attached hydrogen (secondary N) is 1. The maximum Gasteiger partial charge on any atom is 0.138 e. The second-order valence-electron chi connectivity index (χ2n) is 4.70. The van der Waals surface area contributed by atoms with Gasteiger partial charge in [0.05, 0.1) is 25.3 Å². The zero-order valence-electron chi connectivity index (χ0n) is 12.0. The summed E-state index contributed by atoms with van der Waals surface area (Å²) in [6, 6.07) is 11.6. The molecule has 3 rings (SSSR count). The Morgan fingerprint density at radius 3 is 2.43 bits per heavy atom. The summed E-state index contributed by atoms with van der Waals surface area (Å²) in [5, 5.41) is 0. The normalized spacial score (nSPS) is 10.8. The minimum atomic E-state index is 0.461. The van der Waals surface area contributed by atoms with E-state index in [1.165, 1.54) is 0 Å². The lowest BCUT2D eigenvalue weighted by Gasteiger charge is -2.06. The van der Waals surface area contributed by atoms with E-state index in [0.29, 0.717) is 6.54 Å². The number of aromatic amines is 1. The number of aromatic nitrogens is 2. The van der Waals surface area contributed by atoms with E-state index in [4.69, 9.17) is 15.2 Å². The Morgan fingerprint density at radius 1 is 1.10 bits per heavy atom. The molecular weight excluding hydrogens is 266 g/mol. The van der Waals surface area contributed by atoms with Crippen LogP contribution in [0, 0.1) is 0 Å². The average molecular weight is 283 g/mol. The monoisotopic (exact) mass is 283 g/mol. The Hall–Kier alpha value is -2.53. The Bertz CT molecular complexity index is 758. The molecular formula is C16H17N3O2. The fourth-order valence-corrected chi connectivity index (χ4v) is 2.34. The number of fused-ring (bicyclic) bond motifs is 1. The molecule has 21 heavy (non-hydrogen) atoms. The molecule has 0 unspecified atom stereocenters. The quantitative estimate of drug-likeness (QED) is 0.772. The molecule has 3 N–H and O–H groups in total. The standard InChI is InChI=1S/C16H17N3O2/c1-20-12-6-11(7-13(8-12)21-2)16-18-14-5-3-4-10(9-17)15(14)19-16/h3-8H,9,17H2,1-2H3,(H,18,19). The van der Waals surface area contributed by atoms with Crippen molar-refractivity contribution in [2.45, 2.75) is 6.54 Å². The SMILES string of the molecule is COc1cc(OC)cc(-c2nc3c(CN)cccc3[nH]2)c1. The number of methoxy groups -OCH3 is 2. The van der Waals surface area contributed by atoms with Crippen LogP contribution in [0.1, 0.15) is 5.56 Å². The summed E-state index contributed by atoms with van der Waals surface area (Å²) in [6.07, 6.45) is 0. The largest absolute Gasteiger partial charge is 0.497 e. The molecule has 0 saturated heterocycles. The van der Waals surface area contributed by atoms with E-state index in [9.17, 15) is 0 Å². The van der Waals surface area contributed by atoms with Crippen LogP contribution in [-0.2, 0) is 6.54 Å². The molecule has 0 aliphatic heterocycles. The number of nitrogens with two attached hydrogens (primary N) is 1. The molecule has 5 heteroatoms. The summed E-state index contributed by atoms with van der Waals surface area (Å²) in [4.78, 5) is 7.97. The summed E-state index contributed by atoms with van der Waals surface area (Å²) >= 11 is 0. The van der Waals surface area contributed by atoms with Crippen LogP contribution in [0.15, 0.2) is 36.4 Å². The summed E-state index contributed by atoms with van der Waals surface area (Å²) in [5.41, 5.74) is 9.55. The van der Waals surface area contributed by atoms with Gasteiger partial charge in [-0.05, 0) is 23.8 Å². The summed E-state index contributed by atoms with van der Waals surface area (Å²) in [5.74, 6) is 2.22. The highest BCUT2D eigenvalue weighted by Gasteiger charge is 2.10. The Morgan fingerprint density at radius 2 is 1.81 bits per heavy atom. The highest BCUT2D eigenvalue weighted by Crippen LogP contribution is 2.30. The molecule has 1 heterocycles. The van der Waals surface area contributed by atoms with Crippen molar-refractivity contribution in [3.63, 3.8) is 0 Å². The Balaban J connectivity index is 2.16. The minimum Gasteiger partial charge on any atom is -0.497 e.